The Balaban J connectivity index is 1.53. The van der Waals surface area contributed by atoms with Crippen LogP contribution in [0.15, 0.2) is 84.7 Å². The van der Waals surface area contributed by atoms with Gasteiger partial charge in [-0.2, -0.15) is 4.98 Å². The second-order valence-electron chi connectivity index (χ2n) is 7.94. The second-order valence-corrected chi connectivity index (χ2v) is 9.91. The smallest absolute Gasteiger partial charge is 0.412 e. The van der Waals surface area contributed by atoms with Gasteiger partial charge in [-0.15, -0.1) is 0 Å². The Morgan fingerprint density at radius 2 is 1.80 bits per heavy atom. The van der Waals surface area contributed by atoms with Crippen LogP contribution in [-0.2, 0) is 14.8 Å². The molecular weight excluding hydrogens is 574 g/mol. The molecule has 0 atom stereocenters. The molecule has 2 heterocycles. The van der Waals surface area contributed by atoms with Gasteiger partial charge in [0.15, 0.2) is 5.82 Å². The van der Waals surface area contributed by atoms with Crippen LogP contribution in [0, 0.1) is 0 Å². The summed E-state index contributed by atoms with van der Waals surface area (Å²) in [5.41, 5.74) is 0.677. The number of hydrogen-bond acceptors (Lipinski definition) is 10. The molecule has 0 fully saturated rings. The van der Waals surface area contributed by atoms with Gasteiger partial charge in [-0.25, -0.2) is 23.2 Å². The van der Waals surface area contributed by atoms with Crippen molar-refractivity contribution in [2.75, 3.05) is 30.4 Å². The lowest BCUT2D eigenvalue weighted by atomic mass is 10.2. The van der Waals surface area contributed by atoms with Crippen molar-refractivity contribution in [2.24, 2.45) is 0 Å². The highest BCUT2D eigenvalue weighted by Gasteiger charge is 2.21. The van der Waals surface area contributed by atoms with Crippen LogP contribution in [0.3, 0.4) is 0 Å². The Labute approximate surface area is 241 Å². The number of benzene rings is 2. The Kier molecular flexibility index (Phi) is 9.91. The third-order valence-corrected chi connectivity index (χ3v) is 6.33. The SMILES string of the molecule is COc1ccc(Cl)c(Oc2c(NS(=O)(=O)C=Cc3ccccc3)ncnc2OCCOC(=O)Nc2ccccn2)c1. The predicted octanol–water partition coefficient (Wildman–Crippen LogP) is 5.37. The summed E-state index contributed by atoms with van der Waals surface area (Å²) >= 11 is 6.31. The second kappa shape index (κ2) is 14.0. The summed E-state index contributed by atoms with van der Waals surface area (Å²) in [6.07, 6.45) is 3.29. The van der Waals surface area contributed by atoms with Crippen LogP contribution in [0.1, 0.15) is 5.56 Å². The molecule has 2 N–H and O–H groups in total. The Hall–Kier alpha value is -4.88. The van der Waals surface area contributed by atoms with Gasteiger partial charge in [-0.05, 0) is 35.9 Å². The lowest BCUT2D eigenvalue weighted by Crippen LogP contribution is -2.18. The van der Waals surface area contributed by atoms with Gasteiger partial charge in [0.2, 0.25) is 5.75 Å². The van der Waals surface area contributed by atoms with Crippen molar-refractivity contribution in [3.05, 3.63) is 95.2 Å². The minimum atomic E-state index is -4.05. The fraction of sp³-hybridized carbons (Fsp3) is 0.111. The van der Waals surface area contributed by atoms with E-state index in [-0.39, 0.29) is 41.4 Å². The maximum atomic E-state index is 12.9. The lowest BCUT2D eigenvalue weighted by molar-refractivity contribution is 0.135. The molecule has 1 amide bonds. The van der Waals surface area contributed by atoms with Gasteiger partial charge in [0, 0.05) is 12.3 Å². The van der Waals surface area contributed by atoms with Gasteiger partial charge in [-0.1, -0.05) is 48.0 Å². The number of amides is 1. The van der Waals surface area contributed by atoms with E-state index < -0.39 is 16.1 Å². The number of carbonyl (C=O) groups excluding carboxylic acids is 1. The minimum absolute atomic E-state index is 0.122. The van der Waals surface area contributed by atoms with E-state index in [0.29, 0.717) is 17.1 Å². The van der Waals surface area contributed by atoms with Crippen LogP contribution >= 0.6 is 11.6 Å². The largest absolute Gasteiger partial charge is 0.497 e. The molecule has 0 radical (unpaired) electrons. The Morgan fingerprint density at radius 3 is 2.56 bits per heavy atom. The number of methoxy groups -OCH3 is 1. The first-order chi connectivity index (χ1) is 19.8. The standard InChI is InChI=1S/C27H24ClN5O7S/c1-37-20-10-11-21(28)22(17-20)40-24-25(33-41(35,36)16-12-19-7-3-2-4-8-19)30-18-31-26(24)38-14-15-39-27(34)32-23-9-5-6-13-29-23/h2-13,16-18H,14-15H2,1H3,(H,29,32,34)(H,30,31,33). The fourth-order valence-corrected chi connectivity index (χ4v) is 4.15. The maximum Gasteiger partial charge on any atom is 0.412 e. The zero-order valence-corrected chi connectivity index (χ0v) is 23.1. The van der Waals surface area contributed by atoms with Crippen molar-refractivity contribution in [1.29, 1.82) is 0 Å². The van der Waals surface area contributed by atoms with E-state index in [2.05, 4.69) is 25.0 Å². The van der Waals surface area contributed by atoms with E-state index in [1.165, 1.54) is 25.4 Å². The summed E-state index contributed by atoms with van der Waals surface area (Å²) < 4.78 is 50.0. The van der Waals surface area contributed by atoms with Gasteiger partial charge in [0.25, 0.3) is 15.9 Å². The summed E-state index contributed by atoms with van der Waals surface area (Å²) in [5.74, 6) is 0.328. The summed E-state index contributed by atoms with van der Waals surface area (Å²) in [5, 5.41) is 3.66. The van der Waals surface area contributed by atoms with E-state index >= 15 is 0 Å². The fourth-order valence-electron chi connectivity index (χ4n) is 3.18. The molecule has 0 spiro atoms. The number of hydrogen-bond donors (Lipinski definition) is 2. The van der Waals surface area contributed by atoms with Crippen molar-refractivity contribution in [2.45, 2.75) is 0 Å². The number of carbonyl (C=O) groups is 1. The monoisotopic (exact) mass is 597 g/mol. The number of ether oxygens (including phenoxy) is 4. The highest BCUT2D eigenvalue weighted by atomic mass is 35.5. The van der Waals surface area contributed by atoms with E-state index in [4.69, 9.17) is 30.5 Å². The van der Waals surface area contributed by atoms with Crippen molar-refractivity contribution >= 4 is 45.4 Å². The van der Waals surface area contributed by atoms with Gasteiger partial charge >= 0.3 is 6.09 Å². The van der Waals surface area contributed by atoms with Gasteiger partial charge < -0.3 is 18.9 Å². The number of sulfonamides is 1. The van der Waals surface area contributed by atoms with Crippen molar-refractivity contribution in [1.82, 2.24) is 15.0 Å². The number of anilines is 2. The average Bonchev–Trinajstić information content (AvgIpc) is 2.97. The van der Waals surface area contributed by atoms with Crippen molar-refractivity contribution in [3.8, 4) is 23.1 Å². The Bertz CT molecular complexity index is 1610. The molecular formula is C27H24ClN5O7S. The van der Waals surface area contributed by atoms with Crippen LogP contribution in [-0.4, -0.2) is 49.8 Å². The summed E-state index contributed by atoms with van der Waals surface area (Å²) in [4.78, 5) is 24.1. The average molecular weight is 598 g/mol. The number of halogens is 1. The van der Waals surface area contributed by atoms with E-state index in [1.54, 1.807) is 54.6 Å². The number of nitrogens with one attached hydrogen (secondary N) is 2. The van der Waals surface area contributed by atoms with E-state index in [9.17, 15) is 13.2 Å². The first kappa shape index (κ1) is 29.1. The van der Waals surface area contributed by atoms with Crippen molar-refractivity contribution in [3.63, 3.8) is 0 Å². The molecule has 0 aliphatic rings. The summed E-state index contributed by atoms with van der Waals surface area (Å²) in [6, 6.07) is 18.6. The lowest BCUT2D eigenvalue weighted by Gasteiger charge is -2.16. The van der Waals surface area contributed by atoms with E-state index in [0.717, 1.165) is 11.7 Å². The predicted molar refractivity (Wildman–Crippen MR) is 153 cm³/mol. The maximum absolute atomic E-state index is 12.9. The molecule has 0 saturated carbocycles. The van der Waals surface area contributed by atoms with Crippen molar-refractivity contribution < 1.29 is 32.2 Å². The normalized spacial score (nSPS) is 11.1. The first-order valence-electron chi connectivity index (χ1n) is 11.9. The van der Waals surface area contributed by atoms with Crippen LogP contribution in [0.25, 0.3) is 6.08 Å². The number of nitrogens with zero attached hydrogens (tertiary/aromatic N) is 3. The molecule has 4 rings (SSSR count). The van der Waals surface area contributed by atoms with Crippen LogP contribution < -0.4 is 24.2 Å². The number of aromatic nitrogens is 3. The Morgan fingerprint density at radius 1 is 1.00 bits per heavy atom. The molecule has 4 aromatic rings. The summed E-state index contributed by atoms with van der Waals surface area (Å²) in [7, 11) is -2.58. The van der Waals surface area contributed by atoms with Crippen LogP contribution in [0.4, 0.5) is 16.4 Å². The quantitative estimate of drug-likeness (QED) is 0.204. The third-order valence-electron chi connectivity index (χ3n) is 5.05. The number of pyridine rings is 1. The minimum Gasteiger partial charge on any atom is -0.497 e. The molecule has 212 valence electrons. The number of rotatable bonds is 12. The highest BCUT2D eigenvalue weighted by molar-refractivity contribution is 7.95. The molecule has 0 aliphatic carbocycles. The molecule has 0 bridgehead atoms. The van der Waals surface area contributed by atoms with Gasteiger partial charge in [0.05, 0.1) is 17.5 Å². The third kappa shape index (κ3) is 8.81. The summed E-state index contributed by atoms with van der Waals surface area (Å²) in [6.45, 7) is -0.335. The molecule has 12 nitrogen and oxygen atoms in total. The molecule has 2 aromatic carbocycles. The van der Waals surface area contributed by atoms with E-state index in [1.807, 2.05) is 6.07 Å². The molecule has 14 heteroatoms. The molecule has 2 aromatic heterocycles. The van der Waals surface area contributed by atoms with Crippen LogP contribution in [0.2, 0.25) is 5.02 Å². The molecule has 0 aliphatic heterocycles. The molecule has 41 heavy (non-hydrogen) atoms. The molecule has 0 unspecified atom stereocenters. The topological polar surface area (TPSA) is 151 Å². The first-order valence-corrected chi connectivity index (χ1v) is 13.9. The van der Waals surface area contributed by atoms with Crippen LogP contribution in [0.5, 0.6) is 23.1 Å². The van der Waals surface area contributed by atoms with Gasteiger partial charge in [-0.3, -0.25) is 10.0 Å². The highest BCUT2D eigenvalue weighted by Crippen LogP contribution is 2.40. The zero-order chi connectivity index (χ0) is 29.1. The zero-order valence-electron chi connectivity index (χ0n) is 21.6. The molecule has 0 saturated heterocycles. The van der Waals surface area contributed by atoms with Gasteiger partial charge in [0.1, 0.15) is 36.9 Å².